The Morgan fingerprint density at radius 2 is 2.14 bits per heavy atom. The molecule has 22 heavy (non-hydrogen) atoms. The number of aromatic nitrogens is 3. The number of fused-ring (bicyclic) bond motifs is 1. The van der Waals surface area contributed by atoms with Crippen molar-refractivity contribution < 1.29 is 5.11 Å². The number of anilines is 2. The number of nitrogens with zero attached hydrogens (tertiary/aromatic N) is 3. The molecule has 2 aromatic rings. The second kappa shape index (κ2) is 7.07. The fourth-order valence-corrected chi connectivity index (χ4v) is 2.38. The second-order valence-electron chi connectivity index (χ2n) is 5.61. The molecule has 3 N–H and O–H groups in total. The Morgan fingerprint density at radius 3 is 2.77 bits per heavy atom. The van der Waals surface area contributed by atoms with Crippen LogP contribution < -0.4 is 10.6 Å². The van der Waals surface area contributed by atoms with Crippen LogP contribution >= 0.6 is 11.6 Å². The van der Waals surface area contributed by atoms with Gasteiger partial charge in [-0.15, -0.1) is 0 Å². The first kappa shape index (κ1) is 16.7. The van der Waals surface area contributed by atoms with Crippen LogP contribution in [0.5, 0.6) is 0 Å². The highest BCUT2D eigenvalue weighted by Crippen LogP contribution is 2.26. The van der Waals surface area contributed by atoms with Gasteiger partial charge in [0.05, 0.1) is 22.7 Å². The van der Waals surface area contributed by atoms with Gasteiger partial charge in [-0.25, -0.2) is 9.97 Å². The molecular weight excluding hydrogens is 302 g/mol. The van der Waals surface area contributed by atoms with Crippen LogP contribution in [0.4, 0.5) is 11.8 Å². The van der Waals surface area contributed by atoms with Crippen LogP contribution in [0, 0.1) is 0 Å². The third-order valence-corrected chi connectivity index (χ3v) is 3.78. The van der Waals surface area contributed by atoms with Crippen molar-refractivity contribution >= 4 is 34.4 Å². The highest BCUT2D eigenvalue weighted by atomic mass is 35.5. The molecule has 2 rings (SSSR count). The van der Waals surface area contributed by atoms with Crippen molar-refractivity contribution in [2.24, 2.45) is 0 Å². The van der Waals surface area contributed by atoms with E-state index in [1.807, 2.05) is 6.92 Å². The molecule has 0 radical (unpaired) electrons. The lowest BCUT2D eigenvalue weighted by Crippen LogP contribution is -2.39. The SMILES string of the molecule is CCCC[C@](C)(CO)Nc1nc(NC)nc2cc(Cl)cnc12. The standard InChI is InChI=1S/C15H22ClN5O/c1-4-5-6-15(2,9-22)21-13-12-11(7-10(16)8-18-12)19-14(17-3)20-13/h7-8,22H,4-6,9H2,1-3H3,(H2,17,19,20,21)/t15-/m1/s1. The van der Waals surface area contributed by atoms with Gasteiger partial charge >= 0.3 is 0 Å². The van der Waals surface area contributed by atoms with Crippen LogP contribution in [0.1, 0.15) is 33.1 Å². The van der Waals surface area contributed by atoms with Crippen molar-refractivity contribution in [2.45, 2.75) is 38.6 Å². The van der Waals surface area contributed by atoms with E-state index < -0.39 is 5.54 Å². The molecule has 0 unspecified atom stereocenters. The Hall–Kier alpha value is -1.66. The van der Waals surface area contributed by atoms with E-state index in [0.29, 0.717) is 27.8 Å². The number of hydrogen-bond donors (Lipinski definition) is 3. The molecule has 0 spiro atoms. The largest absolute Gasteiger partial charge is 0.394 e. The topological polar surface area (TPSA) is 83.0 Å². The number of aliphatic hydroxyl groups is 1. The molecule has 0 aliphatic heterocycles. The van der Waals surface area contributed by atoms with Crippen LogP contribution in [0.3, 0.4) is 0 Å². The molecule has 0 aliphatic carbocycles. The number of nitrogens with one attached hydrogen (secondary N) is 2. The Bertz CT molecular complexity index is 651. The van der Waals surface area contributed by atoms with Gasteiger partial charge in [-0.3, -0.25) is 0 Å². The molecule has 2 heterocycles. The Morgan fingerprint density at radius 1 is 1.36 bits per heavy atom. The summed E-state index contributed by atoms with van der Waals surface area (Å²) in [5.74, 6) is 1.08. The van der Waals surface area contributed by atoms with E-state index in [4.69, 9.17) is 11.6 Å². The molecule has 1 atom stereocenters. The van der Waals surface area contributed by atoms with E-state index in [2.05, 4.69) is 32.5 Å². The number of rotatable bonds is 7. The minimum Gasteiger partial charge on any atom is -0.394 e. The van der Waals surface area contributed by atoms with Crippen molar-refractivity contribution in [1.82, 2.24) is 15.0 Å². The van der Waals surface area contributed by atoms with Gasteiger partial charge in [0.2, 0.25) is 5.95 Å². The molecule has 0 saturated heterocycles. The van der Waals surface area contributed by atoms with E-state index in [1.165, 1.54) is 0 Å². The molecule has 6 nitrogen and oxygen atoms in total. The van der Waals surface area contributed by atoms with Crippen molar-refractivity contribution in [2.75, 3.05) is 24.3 Å². The predicted octanol–water partition coefficient (Wildman–Crippen LogP) is 3.07. The van der Waals surface area contributed by atoms with Gasteiger partial charge < -0.3 is 15.7 Å². The molecule has 2 aromatic heterocycles. The average Bonchev–Trinajstić information content (AvgIpc) is 2.52. The highest BCUT2D eigenvalue weighted by molar-refractivity contribution is 6.31. The Balaban J connectivity index is 2.44. The fraction of sp³-hybridized carbons (Fsp3) is 0.533. The molecule has 0 aliphatic rings. The third kappa shape index (κ3) is 3.75. The maximum atomic E-state index is 9.75. The van der Waals surface area contributed by atoms with Crippen LogP contribution in [0.15, 0.2) is 12.3 Å². The van der Waals surface area contributed by atoms with Gasteiger partial charge in [-0.1, -0.05) is 31.4 Å². The molecule has 7 heteroatoms. The molecule has 0 saturated carbocycles. The first-order valence-corrected chi connectivity index (χ1v) is 7.79. The predicted molar refractivity (Wildman–Crippen MR) is 90.5 cm³/mol. The van der Waals surface area contributed by atoms with Crippen LogP contribution in [-0.4, -0.2) is 39.3 Å². The minimum atomic E-state index is -0.455. The van der Waals surface area contributed by atoms with Crippen molar-refractivity contribution in [3.05, 3.63) is 17.3 Å². The van der Waals surface area contributed by atoms with E-state index in [9.17, 15) is 5.11 Å². The smallest absolute Gasteiger partial charge is 0.225 e. The van der Waals surface area contributed by atoms with Gasteiger partial charge in [0, 0.05) is 13.2 Å². The maximum absolute atomic E-state index is 9.75. The zero-order chi connectivity index (χ0) is 16.2. The van der Waals surface area contributed by atoms with Gasteiger partial charge in [0.25, 0.3) is 0 Å². The first-order chi connectivity index (χ1) is 10.5. The summed E-state index contributed by atoms with van der Waals surface area (Å²) in [6.45, 7) is 4.12. The molecule has 0 bridgehead atoms. The summed E-state index contributed by atoms with van der Waals surface area (Å²) in [7, 11) is 1.76. The zero-order valence-electron chi connectivity index (χ0n) is 13.1. The Labute approximate surface area is 135 Å². The third-order valence-electron chi connectivity index (χ3n) is 3.58. The number of aliphatic hydroxyl groups excluding tert-OH is 1. The molecular formula is C15H22ClN5O. The van der Waals surface area contributed by atoms with E-state index in [0.717, 1.165) is 19.3 Å². The van der Waals surface area contributed by atoms with E-state index in [-0.39, 0.29) is 6.61 Å². The van der Waals surface area contributed by atoms with Gasteiger partial charge in [-0.2, -0.15) is 4.98 Å². The van der Waals surface area contributed by atoms with Gasteiger partial charge in [-0.05, 0) is 19.4 Å². The summed E-state index contributed by atoms with van der Waals surface area (Å²) in [5.41, 5.74) is 0.841. The normalized spacial score (nSPS) is 13.9. The molecule has 0 amide bonds. The molecule has 0 aromatic carbocycles. The number of unbranched alkanes of at least 4 members (excludes halogenated alkanes) is 1. The number of pyridine rings is 1. The minimum absolute atomic E-state index is 0.0149. The monoisotopic (exact) mass is 323 g/mol. The lowest BCUT2D eigenvalue weighted by Gasteiger charge is -2.29. The molecule has 0 fully saturated rings. The van der Waals surface area contributed by atoms with Crippen molar-refractivity contribution in [1.29, 1.82) is 0 Å². The maximum Gasteiger partial charge on any atom is 0.225 e. The van der Waals surface area contributed by atoms with Gasteiger partial charge in [0.1, 0.15) is 5.52 Å². The lowest BCUT2D eigenvalue weighted by molar-refractivity contribution is 0.212. The second-order valence-corrected chi connectivity index (χ2v) is 6.05. The number of halogens is 1. The highest BCUT2D eigenvalue weighted by Gasteiger charge is 2.24. The van der Waals surface area contributed by atoms with Gasteiger partial charge in [0.15, 0.2) is 5.82 Å². The van der Waals surface area contributed by atoms with E-state index >= 15 is 0 Å². The van der Waals surface area contributed by atoms with Crippen molar-refractivity contribution in [3.63, 3.8) is 0 Å². The summed E-state index contributed by atoms with van der Waals surface area (Å²) in [5, 5.41) is 16.5. The van der Waals surface area contributed by atoms with Crippen LogP contribution in [-0.2, 0) is 0 Å². The van der Waals surface area contributed by atoms with Crippen LogP contribution in [0.25, 0.3) is 11.0 Å². The quantitative estimate of drug-likeness (QED) is 0.726. The summed E-state index contributed by atoms with van der Waals surface area (Å²) in [6, 6.07) is 1.75. The molecule has 120 valence electrons. The number of hydrogen-bond acceptors (Lipinski definition) is 6. The first-order valence-electron chi connectivity index (χ1n) is 7.41. The van der Waals surface area contributed by atoms with Crippen LogP contribution in [0.2, 0.25) is 5.02 Å². The lowest BCUT2D eigenvalue weighted by atomic mass is 9.96. The summed E-state index contributed by atoms with van der Waals surface area (Å²) < 4.78 is 0. The van der Waals surface area contributed by atoms with E-state index in [1.54, 1.807) is 19.3 Å². The average molecular weight is 324 g/mol. The summed E-state index contributed by atoms with van der Waals surface area (Å²) in [6.07, 6.45) is 4.50. The summed E-state index contributed by atoms with van der Waals surface area (Å²) in [4.78, 5) is 13.1. The Kier molecular flexibility index (Phi) is 5.37. The van der Waals surface area contributed by atoms with Crippen molar-refractivity contribution in [3.8, 4) is 0 Å². The zero-order valence-corrected chi connectivity index (χ0v) is 13.9. The summed E-state index contributed by atoms with van der Waals surface area (Å²) >= 11 is 5.99. The fourth-order valence-electron chi connectivity index (χ4n) is 2.23.